The first kappa shape index (κ1) is 12.9. The number of hydrogen-bond donors (Lipinski definition) is 1. The first-order valence-electron chi connectivity index (χ1n) is 4.67. The smallest absolute Gasteiger partial charge is 0.266 e. The average molecular weight is 209 g/mol. The predicted octanol–water partition coefficient (Wildman–Crippen LogP) is 0.996. The lowest BCUT2D eigenvalue weighted by atomic mass is 10.3. The van der Waals surface area contributed by atoms with Gasteiger partial charge in [0.05, 0.1) is 5.75 Å². The predicted molar refractivity (Wildman–Crippen MR) is 53.4 cm³/mol. The molecule has 0 unspecified atom stereocenters. The van der Waals surface area contributed by atoms with Gasteiger partial charge in [-0.2, -0.15) is 8.42 Å². The zero-order chi connectivity index (χ0) is 10.3. The lowest BCUT2D eigenvalue weighted by molar-refractivity contribution is 0.288. The van der Waals surface area contributed by atoms with Crippen molar-refractivity contribution in [2.75, 3.05) is 25.4 Å². The fourth-order valence-corrected chi connectivity index (χ4v) is 1.70. The van der Waals surface area contributed by atoms with E-state index < -0.39 is 10.1 Å². The molecule has 0 aliphatic heterocycles. The average Bonchev–Trinajstić information content (AvgIpc) is 2.00. The molecule has 4 nitrogen and oxygen atoms in total. The van der Waals surface area contributed by atoms with Crippen LogP contribution in [0.4, 0.5) is 0 Å². The van der Waals surface area contributed by atoms with Crippen LogP contribution >= 0.6 is 0 Å². The van der Waals surface area contributed by atoms with Crippen LogP contribution < -0.4 is 0 Å². The summed E-state index contributed by atoms with van der Waals surface area (Å²) < 4.78 is 29.5. The lowest BCUT2D eigenvalue weighted by Gasteiger charge is -2.19. The molecular formula is C8H19NO3S. The van der Waals surface area contributed by atoms with E-state index in [0.29, 0.717) is 6.54 Å². The Morgan fingerprint density at radius 2 is 1.54 bits per heavy atom. The van der Waals surface area contributed by atoms with Crippen LogP contribution in [-0.4, -0.2) is 43.3 Å². The van der Waals surface area contributed by atoms with Gasteiger partial charge in [-0.05, 0) is 25.9 Å². The van der Waals surface area contributed by atoms with Gasteiger partial charge in [-0.3, -0.25) is 4.55 Å². The molecule has 1 N–H and O–H groups in total. The molecule has 0 aromatic rings. The zero-order valence-corrected chi connectivity index (χ0v) is 9.18. The van der Waals surface area contributed by atoms with Crippen LogP contribution in [0, 0.1) is 0 Å². The Kier molecular flexibility index (Phi) is 6.28. The normalized spacial score (nSPS) is 12.3. The second kappa shape index (κ2) is 6.34. The Labute approximate surface area is 80.7 Å². The molecule has 0 aliphatic rings. The molecule has 13 heavy (non-hydrogen) atoms. The van der Waals surface area contributed by atoms with Crippen molar-refractivity contribution in [3.8, 4) is 0 Å². The van der Waals surface area contributed by atoms with Gasteiger partial charge in [0.25, 0.3) is 10.1 Å². The highest BCUT2D eigenvalue weighted by Gasteiger charge is 2.08. The van der Waals surface area contributed by atoms with Crippen LogP contribution in [0.2, 0.25) is 0 Å². The molecule has 0 radical (unpaired) electrons. The van der Waals surface area contributed by atoms with E-state index in [1.807, 2.05) is 4.90 Å². The van der Waals surface area contributed by atoms with E-state index in [2.05, 4.69) is 13.8 Å². The van der Waals surface area contributed by atoms with Crippen molar-refractivity contribution in [2.45, 2.75) is 26.7 Å². The van der Waals surface area contributed by atoms with Crippen molar-refractivity contribution in [3.05, 3.63) is 0 Å². The van der Waals surface area contributed by atoms with Crippen molar-refractivity contribution >= 4 is 10.1 Å². The monoisotopic (exact) mass is 209 g/mol. The highest BCUT2D eigenvalue weighted by molar-refractivity contribution is 7.85. The first-order valence-corrected chi connectivity index (χ1v) is 6.28. The van der Waals surface area contributed by atoms with Crippen LogP contribution in [0.25, 0.3) is 0 Å². The Morgan fingerprint density at radius 1 is 1.08 bits per heavy atom. The summed E-state index contributed by atoms with van der Waals surface area (Å²) in [6.45, 7) is 6.32. The molecule has 0 spiro atoms. The van der Waals surface area contributed by atoms with Gasteiger partial charge >= 0.3 is 0 Å². The zero-order valence-electron chi connectivity index (χ0n) is 8.36. The van der Waals surface area contributed by atoms with Gasteiger partial charge in [0.2, 0.25) is 0 Å². The summed E-state index contributed by atoms with van der Waals surface area (Å²) in [6.07, 6.45) is 2.01. The van der Waals surface area contributed by atoms with Crippen LogP contribution in [0.1, 0.15) is 26.7 Å². The van der Waals surface area contributed by atoms with E-state index in [9.17, 15) is 8.42 Å². The maximum atomic E-state index is 10.5. The minimum atomic E-state index is -3.80. The standard InChI is InChI=1S/C8H19NO3S/c1-3-5-9(6-4-2)7-8-13(10,11)12/h3-8H2,1-2H3,(H,10,11,12). The van der Waals surface area contributed by atoms with E-state index in [1.54, 1.807) is 0 Å². The minimum Gasteiger partial charge on any atom is -0.302 e. The Hall–Kier alpha value is -0.130. The molecule has 0 atom stereocenters. The summed E-state index contributed by atoms with van der Waals surface area (Å²) in [5.74, 6) is -0.160. The van der Waals surface area contributed by atoms with E-state index in [1.165, 1.54) is 0 Å². The second-order valence-corrected chi connectivity index (χ2v) is 4.70. The third kappa shape index (κ3) is 8.21. The van der Waals surface area contributed by atoms with Crippen LogP contribution in [-0.2, 0) is 10.1 Å². The van der Waals surface area contributed by atoms with Crippen molar-refractivity contribution in [3.63, 3.8) is 0 Å². The van der Waals surface area contributed by atoms with E-state index in [-0.39, 0.29) is 5.75 Å². The van der Waals surface area contributed by atoms with Crippen LogP contribution in [0.5, 0.6) is 0 Å². The van der Waals surface area contributed by atoms with Crippen molar-refractivity contribution < 1.29 is 13.0 Å². The van der Waals surface area contributed by atoms with Gasteiger partial charge in [0.1, 0.15) is 0 Å². The fourth-order valence-electron chi connectivity index (χ4n) is 1.21. The topological polar surface area (TPSA) is 57.6 Å². The van der Waals surface area contributed by atoms with Gasteiger partial charge in [-0.1, -0.05) is 13.8 Å². The third-order valence-corrected chi connectivity index (χ3v) is 2.44. The summed E-state index contributed by atoms with van der Waals surface area (Å²) in [5, 5.41) is 0. The van der Waals surface area contributed by atoms with Gasteiger partial charge < -0.3 is 4.90 Å². The molecule has 0 saturated carbocycles. The molecule has 0 amide bonds. The maximum absolute atomic E-state index is 10.5. The Balaban J connectivity index is 3.81. The SMILES string of the molecule is CCCN(CCC)CCS(=O)(=O)O. The van der Waals surface area contributed by atoms with Crippen molar-refractivity contribution in [2.24, 2.45) is 0 Å². The maximum Gasteiger partial charge on any atom is 0.266 e. The number of rotatable bonds is 7. The molecule has 0 saturated heterocycles. The Bertz CT molecular complexity index is 207. The lowest BCUT2D eigenvalue weighted by Crippen LogP contribution is -2.30. The van der Waals surface area contributed by atoms with E-state index in [4.69, 9.17) is 4.55 Å². The molecule has 80 valence electrons. The van der Waals surface area contributed by atoms with E-state index >= 15 is 0 Å². The third-order valence-electron chi connectivity index (χ3n) is 1.75. The molecule has 0 bridgehead atoms. The highest BCUT2D eigenvalue weighted by Crippen LogP contribution is 1.95. The summed E-state index contributed by atoms with van der Waals surface area (Å²) in [6, 6.07) is 0. The Morgan fingerprint density at radius 3 is 1.85 bits per heavy atom. The van der Waals surface area contributed by atoms with Crippen LogP contribution in [0.3, 0.4) is 0 Å². The first-order chi connectivity index (χ1) is 5.99. The molecule has 0 rings (SSSR count). The van der Waals surface area contributed by atoms with Gasteiger partial charge in [-0.25, -0.2) is 0 Å². The summed E-state index contributed by atoms with van der Waals surface area (Å²) in [4.78, 5) is 2.05. The second-order valence-electron chi connectivity index (χ2n) is 3.13. The summed E-state index contributed by atoms with van der Waals surface area (Å²) >= 11 is 0. The van der Waals surface area contributed by atoms with Crippen LogP contribution in [0.15, 0.2) is 0 Å². The number of nitrogens with zero attached hydrogens (tertiary/aromatic N) is 1. The molecular weight excluding hydrogens is 190 g/mol. The highest BCUT2D eigenvalue weighted by atomic mass is 32.2. The molecule has 5 heteroatoms. The minimum absolute atomic E-state index is 0.160. The molecule has 0 fully saturated rings. The van der Waals surface area contributed by atoms with Gasteiger partial charge in [0, 0.05) is 6.54 Å². The van der Waals surface area contributed by atoms with Crippen molar-refractivity contribution in [1.82, 2.24) is 4.90 Å². The quantitative estimate of drug-likeness (QED) is 0.635. The largest absolute Gasteiger partial charge is 0.302 e. The fraction of sp³-hybridized carbons (Fsp3) is 1.00. The molecule has 0 aromatic carbocycles. The van der Waals surface area contributed by atoms with Gasteiger partial charge in [-0.15, -0.1) is 0 Å². The van der Waals surface area contributed by atoms with E-state index in [0.717, 1.165) is 25.9 Å². The molecule has 0 aliphatic carbocycles. The van der Waals surface area contributed by atoms with Crippen molar-refractivity contribution in [1.29, 1.82) is 0 Å². The molecule has 0 heterocycles. The van der Waals surface area contributed by atoms with Gasteiger partial charge in [0.15, 0.2) is 0 Å². The number of hydrogen-bond acceptors (Lipinski definition) is 3. The summed E-state index contributed by atoms with van der Waals surface area (Å²) in [5.41, 5.74) is 0. The molecule has 0 aromatic heterocycles. The summed E-state index contributed by atoms with van der Waals surface area (Å²) in [7, 11) is -3.80.